The van der Waals surface area contributed by atoms with E-state index in [1.54, 1.807) is 0 Å². The molecule has 1 heterocycles. The topological polar surface area (TPSA) is 66.5 Å². The van der Waals surface area contributed by atoms with Gasteiger partial charge in [-0.15, -0.1) is 0 Å². The van der Waals surface area contributed by atoms with Crippen LogP contribution >= 0.6 is 0 Å². The smallest absolute Gasteiger partial charge is 0.230 e. The summed E-state index contributed by atoms with van der Waals surface area (Å²) < 4.78 is 52.8. The van der Waals surface area contributed by atoms with Crippen molar-refractivity contribution in [2.75, 3.05) is 25.4 Å². The third-order valence-electron chi connectivity index (χ3n) is 5.19. The Labute approximate surface area is 146 Å². The van der Waals surface area contributed by atoms with E-state index < -0.39 is 27.1 Å². The van der Waals surface area contributed by atoms with Crippen molar-refractivity contribution in [1.29, 1.82) is 0 Å². The summed E-state index contributed by atoms with van der Waals surface area (Å²) >= 11 is 0. The summed E-state index contributed by atoms with van der Waals surface area (Å²) in [7, 11) is -3.21. The molecular formula is C17H22F2N2O3S. The molecule has 0 unspecified atom stereocenters. The summed E-state index contributed by atoms with van der Waals surface area (Å²) in [6, 6.07) is 3.19. The predicted molar refractivity (Wildman–Crippen MR) is 89.5 cm³/mol. The number of rotatable bonds is 5. The Kier molecular flexibility index (Phi) is 5.11. The van der Waals surface area contributed by atoms with Gasteiger partial charge < -0.3 is 5.32 Å². The lowest BCUT2D eigenvalue weighted by atomic mass is 9.77. The molecule has 1 saturated carbocycles. The van der Waals surface area contributed by atoms with Crippen molar-refractivity contribution in [3.63, 3.8) is 0 Å². The van der Waals surface area contributed by atoms with E-state index in [1.165, 1.54) is 4.31 Å². The number of hydrogen-bond donors (Lipinski definition) is 1. The molecule has 0 spiro atoms. The Morgan fingerprint density at radius 3 is 2.56 bits per heavy atom. The molecule has 3 rings (SSSR count). The van der Waals surface area contributed by atoms with Gasteiger partial charge in [-0.25, -0.2) is 21.5 Å². The number of hydrogen-bond acceptors (Lipinski definition) is 3. The van der Waals surface area contributed by atoms with Gasteiger partial charge in [-0.1, -0.05) is 12.8 Å². The molecule has 0 aromatic heterocycles. The largest absolute Gasteiger partial charge is 0.354 e. The molecular weight excluding hydrogens is 350 g/mol. The van der Waals surface area contributed by atoms with E-state index in [1.807, 2.05) is 0 Å². The molecule has 0 radical (unpaired) electrons. The first-order chi connectivity index (χ1) is 11.8. The zero-order valence-electron chi connectivity index (χ0n) is 13.9. The number of benzene rings is 1. The molecule has 1 amide bonds. The van der Waals surface area contributed by atoms with Crippen LogP contribution in [0.25, 0.3) is 0 Å². The number of sulfonamides is 1. The monoisotopic (exact) mass is 372 g/mol. The summed E-state index contributed by atoms with van der Waals surface area (Å²) in [6.07, 6.45) is 3.05. The summed E-state index contributed by atoms with van der Waals surface area (Å²) in [5, 5.41) is 2.74. The van der Waals surface area contributed by atoms with Crippen LogP contribution in [0, 0.1) is 11.6 Å². The number of nitrogens with one attached hydrogen (secondary N) is 1. The fourth-order valence-corrected chi connectivity index (χ4v) is 5.40. The average Bonchev–Trinajstić information content (AvgIpc) is 3.17. The van der Waals surface area contributed by atoms with Gasteiger partial charge in [-0.05, 0) is 37.5 Å². The SMILES string of the molecule is O=C(NCCN1CCCS1(=O)=O)C1(c2cc(F)ccc2F)CCCC1. The van der Waals surface area contributed by atoms with Crippen molar-refractivity contribution < 1.29 is 22.0 Å². The maximum absolute atomic E-state index is 14.3. The van der Waals surface area contributed by atoms with Crippen LogP contribution in [-0.4, -0.2) is 44.0 Å². The molecule has 1 aliphatic carbocycles. The van der Waals surface area contributed by atoms with Gasteiger partial charge in [0.1, 0.15) is 11.6 Å². The lowest BCUT2D eigenvalue weighted by molar-refractivity contribution is -0.126. The normalized spacial score (nSPS) is 22.2. The Bertz CT molecular complexity index is 761. The maximum atomic E-state index is 14.3. The minimum absolute atomic E-state index is 0.0938. The molecule has 0 atom stereocenters. The van der Waals surface area contributed by atoms with Gasteiger partial charge in [0.25, 0.3) is 0 Å². The van der Waals surface area contributed by atoms with E-state index in [2.05, 4.69) is 5.32 Å². The summed E-state index contributed by atoms with van der Waals surface area (Å²) in [5.74, 6) is -1.37. The molecule has 2 aliphatic rings. The van der Waals surface area contributed by atoms with Crippen LogP contribution in [0.3, 0.4) is 0 Å². The van der Waals surface area contributed by atoms with Crippen LogP contribution in [0.5, 0.6) is 0 Å². The molecule has 1 aliphatic heterocycles. The minimum Gasteiger partial charge on any atom is -0.354 e. The quantitative estimate of drug-likeness (QED) is 0.859. The third kappa shape index (κ3) is 3.55. The van der Waals surface area contributed by atoms with Crippen molar-refractivity contribution >= 4 is 15.9 Å². The number of carbonyl (C=O) groups excluding carboxylic acids is 1. The Morgan fingerprint density at radius 2 is 1.92 bits per heavy atom. The van der Waals surface area contributed by atoms with E-state index in [9.17, 15) is 22.0 Å². The second-order valence-electron chi connectivity index (χ2n) is 6.74. The number of nitrogens with zero attached hydrogens (tertiary/aromatic N) is 1. The van der Waals surface area contributed by atoms with Gasteiger partial charge in [-0.2, -0.15) is 0 Å². The number of amides is 1. The molecule has 2 fully saturated rings. The third-order valence-corrected chi connectivity index (χ3v) is 7.14. The van der Waals surface area contributed by atoms with E-state index in [-0.39, 0.29) is 30.3 Å². The molecule has 0 bridgehead atoms. The number of halogens is 2. The van der Waals surface area contributed by atoms with Crippen LogP contribution in [0.2, 0.25) is 0 Å². The highest BCUT2D eigenvalue weighted by Crippen LogP contribution is 2.42. The Balaban J connectivity index is 1.72. The highest BCUT2D eigenvalue weighted by Gasteiger charge is 2.44. The molecule has 8 heteroatoms. The Hall–Kier alpha value is -1.54. The molecule has 1 N–H and O–H groups in total. The lowest BCUT2D eigenvalue weighted by Crippen LogP contribution is -2.45. The van der Waals surface area contributed by atoms with Gasteiger partial charge in [-0.3, -0.25) is 4.79 Å². The first-order valence-corrected chi connectivity index (χ1v) is 10.2. The second kappa shape index (κ2) is 6.99. The van der Waals surface area contributed by atoms with Crippen LogP contribution in [0.4, 0.5) is 8.78 Å². The number of carbonyl (C=O) groups is 1. The van der Waals surface area contributed by atoms with E-state index in [0.717, 1.165) is 31.0 Å². The lowest BCUT2D eigenvalue weighted by Gasteiger charge is -2.29. The highest BCUT2D eigenvalue weighted by atomic mass is 32.2. The summed E-state index contributed by atoms with van der Waals surface area (Å²) in [6.45, 7) is 0.828. The van der Waals surface area contributed by atoms with Crippen molar-refractivity contribution in [2.45, 2.75) is 37.5 Å². The van der Waals surface area contributed by atoms with E-state index in [0.29, 0.717) is 25.8 Å². The first kappa shape index (κ1) is 18.3. The zero-order chi connectivity index (χ0) is 18.1. The first-order valence-electron chi connectivity index (χ1n) is 8.57. The van der Waals surface area contributed by atoms with Crippen molar-refractivity contribution in [3.8, 4) is 0 Å². The highest BCUT2D eigenvalue weighted by molar-refractivity contribution is 7.89. The fourth-order valence-electron chi connectivity index (χ4n) is 3.87. The molecule has 5 nitrogen and oxygen atoms in total. The summed E-state index contributed by atoms with van der Waals surface area (Å²) in [5.41, 5.74) is -0.980. The van der Waals surface area contributed by atoms with Gasteiger partial charge in [0.2, 0.25) is 15.9 Å². The fraction of sp³-hybridized carbons (Fsp3) is 0.588. The van der Waals surface area contributed by atoms with Crippen molar-refractivity contribution in [1.82, 2.24) is 9.62 Å². The average molecular weight is 372 g/mol. The van der Waals surface area contributed by atoms with E-state index >= 15 is 0 Å². The van der Waals surface area contributed by atoms with Gasteiger partial charge >= 0.3 is 0 Å². The molecule has 1 saturated heterocycles. The van der Waals surface area contributed by atoms with Crippen LogP contribution in [0.15, 0.2) is 18.2 Å². The molecule has 138 valence electrons. The van der Waals surface area contributed by atoms with Crippen molar-refractivity contribution in [2.24, 2.45) is 0 Å². The van der Waals surface area contributed by atoms with E-state index in [4.69, 9.17) is 0 Å². The maximum Gasteiger partial charge on any atom is 0.230 e. The van der Waals surface area contributed by atoms with Crippen LogP contribution in [0.1, 0.15) is 37.7 Å². The Morgan fingerprint density at radius 1 is 1.20 bits per heavy atom. The van der Waals surface area contributed by atoms with Crippen LogP contribution in [-0.2, 0) is 20.2 Å². The van der Waals surface area contributed by atoms with Gasteiger partial charge in [0.15, 0.2) is 0 Å². The second-order valence-corrected chi connectivity index (χ2v) is 8.83. The van der Waals surface area contributed by atoms with Gasteiger partial charge in [0.05, 0.1) is 11.2 Å². The molecule has 1 aromatic carbocycles. The van der Waals surface area contributed by atoms with Gasteiger partial charge in [0, 0.05) is 25.2 Å². The predicted octanol–water partition coefficient (Wildman–Crippen LogP) is 1.93. The van der Waals surface area contributed by atoms with Crippen LogP contribution < -0.4 is 5.32 Å². The molecule has 25 heavy (non-hydrogen) atoms. The zero-order valence-corrected chi connectivity index (χ0v) is 14.7. The summed E-state index contributed by atoms with van der Waals surface area (Å²) in [4.78, 5) is 12.8. The van der Waals surface area contributed by atoms with Crippen molar-refractivity contribution in [3.05, 3.63) is 35.4 Å². The minimum atomic E-state index is -3.21. The standard InChI is InChI=1S/C17H22F2N2O3S/c18-13-4-5-15(19)14(12-13)17(6-1-2-7-17)16(22)20-8-10-21-9-3-11-25(21,23)24/h4-5,12H,1-3,6-11H2,(H,20,22). The molecule has 1 aromatic rings.